The molecular formula is C41H59IN8O4S3. The number of aryl methyl sites for hydroxylation is 1. The number of hydrogen-bond acceptors (Lipinski definition) is 12. The average Bonchev–Trinajstić information content (AvgIpc) is 3.92. The summed E-state index contributed by atoms with van der Waals surface area (Å²) in [6.45, 7) is 3.55. The molecular weight excluding hydrogens is 892 g/mol. The Kier molecular flexibility index (Phi) is 18.1. The van der Waals surface area contributed by atoms with Gasteiger partial charge < -0.3 is 24.3 Å². The zero-order chi connectivity index (χ0) is 40.8. The Hall–Kier alpha value is -2.64. The molecule has 0 bridgehead atoms. The van der Waals surface area contributed by atoms with Gasteiger partial charge in [0, 0.05) is 68.7 Å². The summed E-state index contributed by atoms with van der Waals surface area (Å²) in [7, 11) is 3.96. The van der Waals surface area contributed by atoms with Gasteiger partial charge in [-0.3, -0.25) is 0 Å². The molecule has 0 atom stereocenters. The molecule has 312 valence electrons. The van der Waals surface area contributed by atoms with E-state index < -0.39 is 10.0 Å². The summed E-state index contributed by atoms with van der Waals surface area (Å²) >= 11 is 8.38. The van der Waals surface area contributed by atoms with Gasteiger partial charge in [-0.05, 0) is 100 Å². The van der Waals surface area contributed by atoms with Crippen molar-refractivity contribution in [2.45, 2.75) is 75.3 Å². The van der Waals surface area contributed by atoms with E-state index in [1.54, 1.807) is 51.0 Å². The van der Waals surface area contributed by atoms with E-state index in [1.165, 1.54) is 59.0 Å². The molecule has 2 fully saturated rings. The van der Waals surface area contributed by atoms with E-state index in [1.807, 2.05) is 30.9 Å². The number of ether oxygens (including phenoxy) is 2. The van der Waals surface area contributed by atoms with E-state index >= 15 is 0 Å². The zero-order valence-electron chi connectivity index (χ0n) is 33.9. The second-order valence-corrected chi connectivity index (χ2v) is 19.1. The number of hydrogen-bond donors (Lipinski definition) is 2. The van der Waals surface area contributed by atoms with Gasteiger partial charge in [-0.25, -0.2) is 32.3 Å². The van der Waals surface area contributed by atoms with Crippen LogP contribution in [0.15, 0.2) is 66.3 Å². The van der Waals surface area contributed by atoms with Crippen molar-refractivity contribution in [1.82, 2.24) is 28.9 Å². The van der Waals surface area contributed by atoms with E-state index in [4.69, 9.17) is 4.74 Å². The van der Waals surface area contributed by atoms with E-state index in [2.05, 4.69) is 94.8 Å². The highest BCUT2D eigenvalue weighted by Gasteiger charge is 2.28. The predicted octanol–water partition coefficient (Wildman–Crippen LogP) is 8.30. The number of thioether (sulfide) groups is 1. The van der Waals surface area contributed by atoms with E-state index in [9.17, 15) is 8.42 Å². The molecule has 4 heterocycles. The number of aromatic nitrogens is 6. The lowest BCUT2D eigenvalue weighted by atomic mass is 9.86. The molecule has 0 aliphatic heterocycles. The maximum Gasteiger partial charge on any atom is 0.269 e. The molecule has 0 amide bonds. The number of H-pyrrole nitrogens is 1. The van der Waals surface area contributed by atoms with Crippen LogP contribution in [0.3, 0.4) is 0 Å². The maximum atomic E-state index is 13.2. The number of benzene rings is 1. The Morgan fingerprint density at radius 1 is 0.825 bits per heavy atom. The number of methoxy groups -OCH3 is 2. The van der Waals surface area contributed by atoms with Gasteiger partial charge in [0.25, 0.3) is 10.0 Å². The predicted molar refractivity (Wildman–Crippen MR) is 247 cm³/mol. The summed E-state index contributed by atoms with van der Waals surface area (Å²) in [5.41, 5.74) is 2.36. The van der Waals surface area contributed by atoms with Gasteiger partial charge in [-0.1, -0.05) is 40.3 Å². The van der Waals surface area contributed by atoms with Gasteiger partial charge in [0.2, 0.25) is 0 Å². The summed E-state index contributed by atoms with van der Waals surface area (Å²) in [4.78, 5) is 25.6. The number of rotatable bonds is 14. The molecule has 2 saturated carbocycles. The van der Waals surface area contributed by atoms with Crippen LogP contribution in [-0.2, 0) is 19.5 Å². The molecule has 7 rings (SSSR count). The second-order valence-electron chi connectivity index (χ2n) is 14.8. The Bertz CT molecular complexity index is 2050. The summed E-state index contributed by atoms with van der Waals surface area (Å²) in [6, 6.07) is 11.8. The van der Waals surface area contributed by atoms with Crippen LogP contribution >= 0.6 is 47.0 Å². The van der Waals surface area contributed by atoms with Crippen LogP contribution in [-0.4, -0.2) is 113 Å². The van der Waals surface area contributed by atoms with Crippen molar-refractivity contribution in [3.63, 3.8) is 0 Å². The third kappa shape index (κ3) is 12.0. The average molecular weight is 951 g/mol. The van der Waals surface area contributed by atoms with Gasteiger partial charge in [0.15, 0.2) is 5.65 Å². The third-order valence-electron chi connectivity index (χ3n) is 11.0. The Labute approximate surface area is 362 Å². The molecule has 16 heteroatoms. The van der Waals surface area contributed by atoms with Crippen LogP contribution in [0.25, 0.3) is 22.1 Å². The summed E-state index contributed by atoms with van der Waals surface area (Å²) < 4.78 is 38.5. The molecule has 12 nitrogen and oxygen atoms in total. The fourth-order valence-electron chi connectivity index (χ4n) is 7.57. The SMILES string of the molecule is COCCS.COCCSCC1CCC(N(C)c2ncnc3[nH]ccc23)CC1.Cc1ccc(S(=O)(=O)n2ccc3c(N(C)C4CCC(CI)CC4)ncnc32)cc1. The quantitative estimate of drug-likeness (QED) is 0.0483. The minimum absolute atomic E-state index is 0.256. The van der Waals surface area contributed by atoms with Crippen molar-refractivity contribution in [1.29, 1.82) is 0 Å². The van der Waals surface area contributed by atoms with Crippen LogP contribution in [0.5, 0.6) is 0 Å². The highest BCUT2D eigenvalue weighted by atomic mass is 127. The highest BCUT2D eigenvalue weighted by Crippen LogP contribution is 2.34. The minimum atomic E-state index is -3.71. The first kappa shape index (κ1) is 45.4. The summed E-state index contributed by atoms with van der Waals surface area (Å²) in [5.74, 6) is 6.72. The normalized spacial score (nSPS) is 19.7. The Morgan fingerprint density at radius 3 is 2.00 bits per heavy atom. The van der Waals surface area contributed by atoms with E-state index in [0.717, 1.165) is 83.0 Å². The lowest BCUT2D eigenvalue weighted by Gasteiger charge is -2.35. The van der Waals surface area contributed by atoms with Gasteiger partial charge in [0.05, 0.1) is 28.9 Å². The van der Waals surface area contributed by atoms with Crippen molar-refractivity contribution in [3.05, 3.63) is 67.0 Å². The van der Waals surface area contributed by atoms with Crippen molar-refractivity contribution >= 4 is 90.7 Å². The third-order valence-corrected chi connectivity index (χ3v) is 15.3. The molecule has 5 aromatic rings. The molecule has 4 aromatic heterocycles. The summed E-state index contributed by atoms with van der Waals surface area (Å²) in [6.07, 6.45) is 16.5. The van der Waals surface area contributed by atoms with Crippen LogP contribution < -0.4 is 9.80 Å². The van der Waals surface area contributed by atoms with Crippen LogP contribution in [0.4, 0.5) is 11.6 Å². The number of anilines is 2. The number of fused-ring (bicyclic) bond motifs is 2. The van der Waals surface area contributed by atoms with Crippen molar-refractivity contribution in [2.75, 3.05) is 73.0 Å². The number of thiol groups is 1. The molecule has 1 N–H and O–H groups in total. The van der Waals surface area contributed by atoms with Gasteiger partial charge in [-0.15, -0.1) is 0 Å². The smallest absolute Gasteiger partial charge is 0.269 e. The zero-order valence-corrected chi connectivity index (χ0v) is 38.6. The Balaban J connectivity index is 0.000000199. The second kappa shape index (κ2) is 22.7. The topological polar surface area (TPSA) is 131 Å². The standard InChI is InChI=1S/C21H25IN4O2S.C17H26N4OS.C3H8OS/c1-15-3-9-18(10-4-15)29(27,28)26-12-11-19-20(23-14-24-21(19)26)25(2)17-7-5-16(13-22)6-8-17;1-21(17-15-7-8-18-16(15)19-12-20-17)14-5-3-13(4-6-14)11-23-10-9-22-2;1-4-2-3-5/h3-4,9-12,14,16-17H,5-8,13H2,1-2H3;7-8,12-14H,3-6,9-11H2,1-2H3,(H,18,19,20);5H,2-3H2,1H3. The van der Waals surface area contributed by atoms with Crippen LogP contribution in [0.2, 0.25) is 0 Å². The summed E-state index contributed by atoms with van der Waals surface area (Å²) in [5, 5.41) is 1.88. The van der Waals surface area contributed by atoms with Gasteiger partial charge in [-0.2, -0.15) is 24.4 Å². The lowest BCUT2D eigenvalue weighted by molar-refractivity contribution is 0.218. The van der Waals surface area contributed by atoms with Gasteiger partial charge in [0.1, 0.15) is 29.9 Å². The van der Waals surface area contributed by atoms with Crippen LogP contribution in [0, 0.1) is 18.8 Å². The fraction of sp³-hybridized carbons (Fsp3) is 0.561. The maximum absolute atomic E-state index is 13.2. The molecule has 2 aliphatic rings. The first-order valence-corrected chi connectivity index (χ1v) is 24.5. The van der Waals surface area contributed by atoms with Crippen molar-refractivity contribution < 1.29 is 17.9 Å². The monoisotopic (exact) mass is 950 g/mol. The largest absolute Gasteiger partial charge is 0.384 e. The molecule has 0 radical (unpaired) electrons. The fourth-order valence-corrected chi connectivity index (χ4v) is 11.1. The van der Waals surface area contributed by atoms with E-state index in [0.29, 0.717) is 17.7 Å². The molecule has 2 aliphatic carbocycles. The molecule has 0 spiro atoms. The molecule has 0 unspecified atom stereocenters. The van der Waals surface area contributed by atoms with Crippen molar-refractivity contribution in [2.24, 2.45) is 11.8 Å². The van der Waals surface area contributed by atoms with Crippen LogP contribution in [0.1, 0.15) is 56.9 Å². The number of aromatic amines is 1. The molecule has 1 aromatic carbocycles. The highest BCUT2D eigenvalue weighted by molar-refractivity contribution is 14.1. The minimum Gasteiger partial charge on any atom is -0.384 e. The molecule has 57 heavy (non-hydrogen) atoms. The van der Waals surface area contributed by atoms with Gasteiger partial charge >= 0.3 is 0 Å². The lowest BCUT2D eigenvalue weighted by Crippen LogP contribution is -2.36. The number of halogens is 1. The number of nitrogens with one attached hydrogen (secondary N) is 1. The Morgan fingerprint density at radius 2 is 1.42 bits per heavy atom. The first-order valence-electron chi connectivity index (χ1n) is 19.7. The van der Waals surface area contributed by atoms with Crippen molar-refractivity contribution in [3.8, 4) is 0 Å². The number of alkyl halides is 1. The number of nitrogens with zero attached hydrogens (tertiary/aromatic N) is 7. The first-order chi connectivity index (χ1) is 27.6. The molecule has 0 saturated heterocycles. The van der Waals surface area contributed by atoms with E-state index in [-0.39, 0.29) is 4.90 Å².